The number of fused-ring (bicyclic) bond motifs is 1. The molecule has 6 nitrogen and oxygen atoms in total. The maximum absolute atomic E-state index is 11.9. The predicted octanol–water partition coefficient (Wildman–Crippen LogP) is 2.86. The molecule has 25 heavy (non-hydrogen) atoms. The standard InChI is InChI=1S/C18H15BrN4O2/c19-14-3-6-17-22-15(11-23(17)10-14)9-21-18(24)12-25-16-4-1-13(2-5-16)7-8-20/h1-6,10-11H,7,9,12H2,(H,21,24). The van der Waals surface area contributed by atoms with Gasteiger partial charge in [-0.2, -0.15) is 5.26 Å². The largest absolute Gasteiger partial charge is 0.484 e. The molecule has 0 aliphatic carbocycles. The first-order chi connectivity index (χ1) is 12.1. The van der Waals surface area contributed by atoms with Crippen LogP contribution in [0.2, 0.25) is 0 Å². The van der Waals surface area contributed by atoms with Crippen molar-refractivity contribution in [2.24, 2.45) is 0 Å². The van der Waals surface area contributed by atoms with Crippen LogP contribution < -0.4 is 10.1 Å². The van der Waals surface area contributed by atoms with Gasteiger partial charge in [-0.25, -0.2) is 4.98 Å². The smallest absolute Gasteiger partial charge is 0.258 e. The van der Waals surface area contributed by atoms with E-state index in [1.807, 2.05) is 41.1 Å². The van der Waals surface area contributed by atoms with Crippen molar-refractivity contribution in [3.8, 4) is 11.8 Å². The lowest BCUT2D eigenvalue weighted by Crippen LogP contribution is -2.28. The van der Waals surface area contributed by atoms with Crippen LogP contribution in [0.25, 0.3) is 5.65 Å². The highest BCUT2D eigenvalue weighted by atomic mass is 79.9. The molecule has 0 aliphatic rings. The zero-order valence-corrected chi connectivity index (χ0v) is 14.9. The maximum atomic E-state index is 11.9. The van der Waals surface area contributed by atoms with E-state index in [0.29, 0.717) is 18.7 Å². The van der Waals surface area contributed by atoms with Crippen molar-refractivity contribution in [3.63, 3.8) is 0 Å². The molecule has 0 radical (unpaired) electrons. The summed E-state index contributed by atoms with van der Waals surface area (Å²) >= 11 is 3.41. The van der Waals surface area contributed by atoms with Gasteiger partial charge in [0.25, 0.3) is 5.91 Å². The fraction of sp³-hybridized carbons (Fsp3) is 0.167. The number of hydrogen-bond donors (Lipinski definition) is 1. The van der Waals surface area contributed by atoms with Crippen molar-refractivity contribution < 1.29 is 9.53 Å². The van der Waals surface area contributed by atoms with Crippen molar-refractivity contribution >= 4 is 27.5 Å². The van der Waals surface area contributed by atoms with E-state index in [9.17, 15) is 4.79 Å². The first-order valence-electron chi connectivity index (χ1n) is 7.62. The first kappa shape index (κ1) is 17.0. The molecule has 7 heteroatoms. The number of amides is 1. The number of aromatic nitrogens is 2. The molecule has 0 unspecified atom stereocenters. The number of halogens is 1. The highest BCUT2D eigenvalue weighted by molar-refractivity contribution is 9.10. The molecule has 3 rings (SSSR count). The fourth-order valence-corrected chi connectivity index (χ4v) is 2.64. The van der Waals surface area contributed by atoms with Crippen LogP contribution in [0.4, 0.5) is 0 Å². The van der Waals surface area contributed by atoms with Crippen LogP contribution in [0, 0.1) is 11.3 Å². The van der Waals surface area contributed by atoms with E-state index in [2.05, 4.69) is 32.3 Å². The minimum Gasteiger partial charge on any atom is -0.484 e. The van der Waals surface area contributed by atoms with Crippen LogP contribution >= 0.6 is 15.9 Å². The van der Waals surface area contributed by atoms with Gasteiger partial charge in [-0.05, 0) is 45.8 Å². The van der Waals surface area contributed by atoms with Gasteiger partial charge in [0.2, 0.25) is 0 Å². The monoisotopic (exact) mass is 398 g/mol. The topological polar surface area (TPSA) is 79.4 Å². The Morgan fingerprint density at radius 3 is 2.80 bits per heavy atom. The molecule has 2 aromatic heterocycles. The molecule has 0 atom stereocenters. The number of carbonyl (C=O) groups excluding carboxylic acids is 1. The Morgan fingerprint density at radius 2 is 2.04 bits per heavy atom. The van der Waals surface area contributed by atoms with Gasteiger partial charge in [-0.3, -0.25) is 4.79 Å². The summed E-state index contributed by atoms with van der Waals surface area (Å²) in [5.74, 6) is 0.369. The van der Waals surface area contributed by atoms with Crippen molar-refractivity contribution in [3.05, 3.63) is 64.5 Å². The molecule has 3 aromatic rings. The number of nitriles is 1. The number of rotatable bonds is 6. The van der Waals surface area contributed by atoms with Gasteiger partial charge in [0.15, 0.2) is 6.61 Å². The second-order valence-corrected chi connectivity index (χ2v) is 6.30. The average Bonchev–Trinajstić information content (AvgIpc) is 3.01. The number of benzene rings is 1. The average molecular weight is 399 g/mol. The third-order valence-corrected chi connectivity index (χ3v) is 3.98. The van der Waals surface area contributed by atoms with E-state index in [1.165, 1.54) is 0 Å². The second-order valence-electron chi connectivity index (χ2n) is 5.39. The molecule has 0 spiro atoms. The van der Waals surface area contributed by atoms with Crippen LogP contribution in [0.1, 0.15) is 11.3 Å². The summed E-state index contributed by atoms with van der Waals surface area (Å²) in [5.41, 5.74) is 2.51. The summed E-state index contributed by atoms with van der Waals surface area (Å²) in [6.07, 6.45) is 4.14. The Bertz CT molecular complexity index is 928. The third-order valence-electron chi connectivity index (χ3n) is 3.51. The van der Waals surface area contributed by atoms with E-state index in [4.69, 9.17) is 10.00 Å². The van der Waals surface area contributed by atoms with Gasteiger partial charge < -0.3 is 14.5 Å². The number of nitrogens with one attached hydrogen (secondary N) is 1. The molecular weight excluding hydrogens is 384 g/mol. The summed E-state index contributed by atoms with van der Waals surface area (Å²) in [6.45, 7) is 0.263. The van der Waals surface area contributed by atoms with Crippen LogP contribution in [0.5, 0.6) is 5.75 Å². The van der Waals surface area contributed by atoms with Gasteiger partial charge in [-0.15, -0.1) is 0 Å². The Morgan fingerprint density at radius 1 is 1.24 bits per heavy atom. The number of ether oxygens (including phenoxy) is 1. The molecule has 0 bridgehead atoms. The van der Waals surface area contributed by atoms with Gasteiger partial charge in [0, 0.05) is 16.9 Å². The summed E-state index contributed by atoms with van der Waals surface area (Å²) in [6, 6.07) is 13.0. The fourth-order valence-electron chi connectivity index (χ4n) is 2.29. The SMILES string of the molecule is N#CCc1ccc(OCC(=O)NCc2cn3cc(Br)ccc3n2)cc1. The van der Waals surface area contributed by atoms with Gasteiger partial charge in [0.1, 0.15) is 11.4 Å². The lowest BCUT2D eigenvalue weighted by atomic mass is 10.2. The van der Waals surface area contributed by atoms with E-state index in [-0.39, 0.29) is 12.5 Å². The van der Waals surface area contributed by atoms with Crippen LogP contribution in [-0.4, -0.2) is 21.9 Å². The Balaban J connectivity index is 1.49. The molecule has 1 N–H and O–H groups in total. The molecule has 1 aromatic carbocycles. The van der Waals surface area contributed by atoms with Crippen molar-refractivity contribution in [1.82, 2.24) is 14.7 Å². The molecule has 0 saturated heterocycles. The molecule has 0 fully saturated rings. The number of imidazole rings is 1. The van der Waals surface area contributed by atoms with Gasteiger partial charge in [-0.1, -0.05) is 12.1 Å². The Labute approximate surface area is 153 Å². The third kappa shape index (κ3) is 4.58. The Hall–Kier alpha value is -2.85. The highest BCUT2D eigenvalue weighted by Crippen LogP contribution is 2.13. The zero-order chi connectivity index (χ0) is 17.6. The normalized spacial score (nSPS) is 10.4. The zero-order valence-electron chi connectivity index (χ0n) is 13.3. The number of nitrogens with zero attached hydrogens (tertiary/aromatic N) is 3. The molecule has 1 amide bonds. The number of pyridine rings is 1. The predicted molar refractivity (Wildman–Crippen MR) is 96.0 cm³/mol. The van der Waals surface area contributed by atoms with E-state index in [1.54, 1.807) is 12.1 Å². The minimum atomic E-state index is -0.223. The molecule has 2 heterocycles. The summed E-state index contributed by atoms with van der Waals surface area (Å²) in [5, 5.41) is 11.4. The Kier molecular flexibility index (Phi) is 5.31. The summed E-state index contributed by atoms with van der Waals surface area (Å²) in [7, 11) is 0. The summed E-state index contributed by atoms with van der Waals surface area (Å²) in [4.78, 5) is 16.3. The highest BCUT2D eigenvalue weighted by Gasteiger charge is 2.06. The van der Waals surface area contributed by atoms with E-state index >= 15 is 0 Å². The van der Waals surface area contributed by atoms with Crippen molar-refractivity contribution in [1.29, 1.82) is 5.26 Å². The van der Waals surface area contributed by atoms with Crippen LogP contribution in [0.3, 0.4) is 0 Å². The molecule has 0 saturated carbocycles. The van der Waals surface area contributed by atoms with Crippen molar-refractivity contribution in [2.75, 3.05) is 6.61 Å². The number of carbonyl (C=O) groups is 1. The first-order valence-corrected chi connectivity index (χ1v) is 8.42. The second kappa shape index (κ2) is 7.81. The van der Waals surface area contributed by atoms with E-state index in [0.717, 1.165) is 21.4 Å². The van der Waals surface area contributed by atoms with Crippen LogP contribution in [0.15, 0.2) is 53.3 Å². The molecular formula is C18H15BrN4O2. The maximum Gasteiger partial charge on any atom is 0.258 e. The van der Waals surface area contributed by atoms with E-state index < -0.39 is 0 Å². The molecule has 126 valence electrons. The lowest BCUT2D eigenvalue weighted by Gasteiger charge is -2.07. The molecule has 0 aliphatic heterocycles. The quantitative estimate of drug-likeness (QED) is 0.692. The van der Waals surface area contributed by atoms with Gasteiger partial charge in [0.05, 0.1) is 24.7 Å². The minimum absolute atomic E-state index is 0.0729. The van der Waals surface area contributed by atoms with Gasteiger partial charge >= 0.3 is 0 Å². The lowest BCUT2D eigenvalue weighted by molar-refractivity contribution is -0.123. The number of hydrogen-bond acceptors (Lipinski definition) is 4. The van der Waals surface area contributed by atoms with Crippen molar-refractivity contribution in [2.45, 2.75) is 13.0 Å². The summed E-state index contributed by atoms with van der Waals surface area (Å²) < 4.78 is 8.29. The van der Waals surface area contributed by atoms with Crippen LogP contribution in [-0.2, 0) is 17.8 Å².